The monoisotopic (exact) mass is 511 g/mol. The second-order valence-electron chi connectivity index (χ2n) is 8.35. The zero-order chi connectivity index (χ0) is 27.3. The molecule has 5 unspecified atom stereocenters. The molecule has 0 spiro atoms. The smallest absolute Gasteiger partial charge is 0.326 e. The van der Waals surface area contributed by atoms with Crippen LogP contribution in [-0.2, 0) is 25.6 Å². The molecule has 1 rings (SSSR count). The molecule has 12 N–H and O–H groups in total. The Balaban J connectivity index is 3.01. The third-order valence-corrected chi connectivity index (χ3v) is 5.50. The van der Waals surface area contributed by atoms with E-state index in [-0.39, 0.29) is 31.3 Å². The van der Waals surface area contributed by atoms with Gasteiger partial charge in [-0.2, -0.15) is 0 Å². The number of nitrogens with zero attached hydrogens (tertiary/aromatic N) is 2. The van der Waals surface area contributed by atoms with Crippen molar-refractivity contribution in [3.63, 3.8) is 0 Å². The van der Waals surface area contributed by atoms with Gasteiger partial charge < -0.3 is 48.3 Å². The molecule has 0 radical (unpaired) electrons. The molecule has 15 nitrogen and oxygen atoms in total. The van der Waals surface area contributed by atoms with Crippen molar-refractivity contribution < 1.29 is 29.4 Å². The summed E-state index contributed by atoms with van der Waals surface area (Å²) in [6.07, 6.45) is 3.72. The van der Waals surface area contributed by atoms with Gasteiger partial charge in [0.05, 0.1) is 12.9 Å². The van der Waals surface area contributed by atoms with Crippen LogP contribution in [0.1, 0.15) is 38.8 Å². The van der Waals surface area contributed by atoms with Crippen molar-refractivity contribution in [3.8, 4) is 0 Å². The first-order valence-electron chi connectivity index (χ1n) is 11.5. The first kappa shape index (κ1) is 30.3. The molecule has 1 aromatic heterocycles. The summed E-state index contributed by atoms with van der Waals surface area (Å²) in [5, 5.41) is 26.2. The van der Waals surface area contributed by atoms with Gasteiger partial charge in [0, 0.05) is 24.9 Å². The summed E-state index contributed by atoms with van der Waals surface area (Å²) in [7, 11) is 0. The van der Waals surface area contributed by atoms with E-state index in [1.54, 1.807) is 6.92 Å². The largest absolute Gasteiger partial charge is 0.480 e. The number of amides is 3. The number of carbonyl (C=O) groups is 4. The van der Waals surface area contributed by atoms with Crippen molar-refractivity contribution in [2.45, 2.75) is 63.7 Å². The van der Waals surface area contributed by atoms with E-state index < -0.39 is 54.5 Å². The molecule has 0 aromatic carbocycles. The van der Waals surface area contributed by atoms with Gasteiger partial charge >= 0.3 is 5.97 Å². The maximum Gasteiger partial charge on any atom is 0.326 e. The topological polar surface area (TPSA) is 264 Å². The molecule has 15 heteroatoms. The number of nitrogens with one attached hydrogen (secondary N) is 4. The normalized spacial score (nSPS) is 15.0. The predicted octanol–water partition coefficient (Wildman–Crippen LogP) is -3.09. The first-order chi connectivity index (χ1) is 17.0. The average molecular weight is 512 g/mol. The minimum Gasteiger partial charge on any atom is -0.480 e. The van der Waals surface area contributed by atoms with Crippen molar-refractivity contribution in [1.29, 1.82) is 0 Å². The number of aliphatic carboxylic acids is 1. The standard InChI is InChI=1S/C21H37N9O6/c1-3-11(2)16(19(34)29-15(20(35)36)7-12-8-25-10-27-12)30-18(33)14(5-4-6-26-21(23)24)28-17(32)13(22)9-31/h8,10-11,13-16,31H,3-7,9,22H2,1-2H3,(H,25,27)(H,28,32)(H,29,34)(H,30,33)(H,35,36)(H4,23,24,26). The molecule has 1 heterocycles. The number of hydrogen-bond donors (Lipinski definition) is 9. The summed E-state index contributed by atoms with van der Waals surface area (Å²) in [6.45, 7) is 3.10. The Kier molecular flexibility index (Phi) is 12.9. The van der Waals surface area contributed by atoms with Crippen LogP contribution >= 0.6 is 0 Å². The van der Waals surface area contributed by atoms with Gasteiger partial charge in [0.25, 0.3) is 0 Å². The van der Waals surface area contributed by atoms with Gasteiger partial charge in [0.2, 0.25) is 17.7 Å². The lowest BCUT2D eigenvalue weighted by atomic mass is 9.97. The zero-order valence-corrected chi connectivity index (χ0v) is 20.4. The molecule has 0 saturated heterocycles. The number of rotatable bonds is 16. The van der Waals surface area contributed by atoms with Crippen LogP contribution in [0, 0.1) is 5.92 Å². The molecule has 1 aromatic rings. The summed E-state index contributed by atoms with van der Waals surface area (Å²) in [6, 6.07) is -4.71. The number of aliphatic imine (C=N–C) groups is 1. The number of H-pyrrole nitrogens is 1. The highest BCUT2D eigenvalue weighted by Gasteiger charge is 2.32. The lowest BCUT2D eigenvalue weighted by molar-refractivity contribution is -0.142. The molecule has 3 amide bonds. The Bertz CT molecular complexity index is 888. The van der Waals surface area contributed by atoms with Crippen LogP contribution in [0.25, 0.3) is 0 Å². The number of carboxylic acid groups (broad SMARTS) is 1. The molecule has 0 aliphatic heterocycles. The number of nitrogens with two attached hydrogens (primary N) is 3. The van der Waals surface area contributed by atoms with Gasteiger partial charge in [-0.05, 0) is 18.8 Å². The summed E-state index contributed by atoms with van der Waals surface area (Å²) >= 11 is 0. The van der Waals surface area contributed by atoms with E-state index in [2.05, 4.69) is 30.9 Å². The van der Waals surface area contributed by atoms with Gasteiger partial charge in [-0.3, -0.25) is 19.4 Å². The number of carboxylic acids is 1. The molecule has 36 heavy (non-hydrogen) atoms. The fourth-order valence-corrected chi connectivity index (χ4v) is 3.17. The lowest BCUT2D eigenvalue weighted by Gasteiger charge is -2.28. The highest BCUT2D eigenvalue weighted by molar-refractivity contribution is 5.94. The average Bonchev–Trinajstić information content (AvgIpc) is 3.35. The predicted molar refractivity (Wildman–Crippen MR) is 130 cm³/mol. The van der Waals surface area contributed by atoms with Gasteiger partial charge in [0.15, 0.2) is 5.96 Å². The third kappa shape index (κ3) is 10.3. The van der Waals surface area contributed by atoms with Crippen molar-refractivity contribution in [2.24, 2.45) is 28.1 Å². The van der Waals surface area contributed by atoms with Crippen LogP contribution in [0.3, 0.4) is 0 Å². The molecular weight excluding hydrogens is 474 g/mol. The zero-order valence-electron chi connectivity index (χ0n) is 20.4. The van der Waals surface area contributed by atoms with Crippen molar-refractivity contribution in [3.05, 3.63) is 18.2 Å². The number of hydrogen-bond acceptors (Lipinski definition) is 8. The molecule has 202 valence electrons. The second-order valence-corrected chi connectivity index (χ2v) is 8.35. The minimum atomic E-state index is -1.26. The van der Waals surface area contributed by atoms with E-state index in [0.717, 1.165) is 0 Å². The minimum absolute atomic E-state index is 0.0369. The van der Waals surface area contributed by atoms with Crippen molar-refractivity contribution in [1.82, 2.24) is 25.9 Å². The van der Waals surface area contributed by atoms with Crippen LogP contribution in [0.2, 0.25) is 0 Å². The van der Waals surface area contributed by atoms with E-state index in [4.69, 9.17) is 22.3 Å². The number of aromatic amines is 1. The highest BCUT2D eigenvalue weighted by atomic mass is 16.4. The third-order valence-electron chi connectivity index (χ3n) is 5.50. The van der Waals surface area contributed by atoms with Crippen molar-refractivity contribution >= 4 is 29.7 Å². The Hall–Kier alpha value is -3.72. The SMILES string of the molecule is CCC(C)C(NC(=O)C(CCCN=C(N)N)NC(=O)C(N)CO)C(=O)NC(Cc1cnc[nH]1)C(=O)O. The Morgan fingerprint density at radius 3 is 2.31 bits per heavy atom. The molecule has 0 saturated carbocycles. The molecule has 0 fully saturated rings. The molecule has 0 aliphatic carbocycles. The van der Waals surface area contributed by atoms with E-state index in [9.17, 15) is 24.3 Å². The summed E-state index contributed by atoms with van der Waals surface area (Å²) in [4.78, 5) is 60.5. The first-order valence-corrected chi connectivity index (χ1v) is 11.5. The molecule has 0 aliphatic rings. The maximum atomic E-state index is 13.1. The fraction of sp³-hybridized carbons (Fsp3) is 0.619. The number of aliphatic hydroxyl groups is 1. The maximum absolute atomic E-state index is 13.1. The summed E-state index contributed by atoms with van der Waals surface area (Å²) in [5.74, 6) is -3.88. The van der Waals surface area contributed by atoms with Crippen LogP contribution in [0.4, 0.5) is 0 Å². The quantitative estimate of drug-likeness (QED) is 0.0613. The van der Waals surface area contributed by atoms with Crippen LogP contribution < -0.4 is 33.2 Å². The van der Waals surface area contributed by atoms with Crippen molar-refractivity contribution in [2.75, 3.05) is 13.2 Å². The number of imidazole rings is 1. The van der Waals surface area contributed by atoms with Crippen LogP contribution in [0.15, 0.2) is 17.5 Å². The summed E-state index contributed by atoms with van der Waals surface area (Å²) in [5.41, 5.74) is 16.7. The molecule has 0 bridgehead atoms. The Morgan fingerprint density at radius 1 is 1.11 bits per heavy atom. The van der Waals surface area contributed by atoms with Crippen LogP contribution in [-0.4, -0.2) is 87.2 Å². The number of aromatic nitrogens is 2. The molecular formula is C21H37N9O6. The van der Waals surface area contributed by atoms with E-state index in [1.165, 1.54) is 12.5 Å². The lowest BCUT2D eigenvalue weighted by Crippen LogP contribution is -2.59. The summed E-state index contributed by atoms with van der Waals surface area (Å²) < 4.78 is 0. The number of aliphatic hydroxyl groups excluding tert-OH is 1. The van der Waals surface area contributed by atoms with Gasteiger partial charge in [-0.25, -0.2) is 9.78 Å². The van der Waals surface area contributed by atoms with Crippen LogP contribution in [0.5, 0.6) is 0 Å². The number of carbonyl (C=O) groups excluding carboxylic acids is 3. The Morgan fingerprint density at radius 2 is 1.78 bits per heavy atom. The van der Waals surface area contributed by atoms with E-state index >= 15 is 0 Å². The van der Waals surface area contributed by atoms with Gasteiger partial charge in [-0.15, -0.1) is 0 Å². The fourth-order valence-electron chi connectivity index (χ4n) is 3.17. The molecule has 5 atom stereocenters. The second kappa shape index (κ2) is 15.3. The highest BCUT2D eigenvalue weighted by Crippen LogP contribution is 2.11. The Labute approximate surface area is 208 Å². The van der Waals surface area contributed by atoms with Gasteiger partial charge in [-0.1, -0.05) is 20.3 Å². The number of guanidine groups is 1. The van der Waals surface area contributed by atoms with Gasteiger partial charge in [0.1, 0.15) is 24.2 Å². The van der Waals surface area contributed by atoms with E-state index in [1.807, 2.05) is 6.92 Å². The van der Waals surface area contributed by atoms with E-state index in [0.29, 0.717) is 18.5 Å².